The maximum atomic E-state index is 12.9. The van der Waals surface area contributed by atoms with E-state index in [-0.39, 0.29) is 23.3 Å². The Morgan fingerprint density at radius 1 is 0.885 bits per heavy atom. The SMILES string of the molecule is O=C(Nc1cccc2c1C(=O)N(c1ccccc1)C2=O)C1CCCCC1. The average molecular weight is 348 g/mol. The highest BCUT2D eigenvalue weighted by molar-refractivity contribution is 6.36. The molecule has 0 unspecified atom stereocenters. The van der Waals surface area contributed by atoms with Gasteiger partial charge in [0.25, 0.3) is 11.8 Å². The number of hydrogen-bond acceptors (Lipinski definition) is 3. The van der Waals surface area contributed by atoms with Crippen molar-refractivity contribution >= 4 is 29.1 Å². The van der Waals surface area contributed by atoms with E-state index in [0.29, 0.717) is 16.9 Å². The Morgan fingerprint density at radius 3 is 2.35 bits per heavy atom. The largest absolute Gasteiger partial charge is 0.325 e. The monoisotopic (exact) mass is 348 g/mol. The van der Waals surface area contributed by atoms with Gasteiger partial charge in [-0.15, -0.1) is 0 Å². The number of fused-ring (bicyclic) bond motifs is 1. The fraction of sp³-hybridized carbons (Fsp3) is 0.286. The van der Waals surface area contributed by atoms with Gasteiger partial charge >= 0.3 is 0 Å². The average Bonchev–Trinajstić information content (AvgIpc) is 2.94. The van der Waals surface area contributed by atoms with Crippen LogP contribution in [0.2, 0.25) is 0 Å². The van der Waals surface area contributed by atoms with E-state index < -0.39 is 5.91 Å². The van der Waals surface area contributed by atoms with Crippen molar-refractivity contribution in [3.05, 3.63) is 59.7 Å². The molecule has 2 aromatic rings. The van der Waals surface area contributed by atoms with Crippen LogP contribution in [0.25, 0.3) is 0 Å². The molecule has 4 rings (SSSR count). The first-order valence-corrected chi connectivity index (χ1v) is 9.04. The van der Waals surface area contributed by atoms with Gasteiger partial charge in [-0.1, -0.05) is 43.5 Å². The highest BCUT2D eigenvalue weighted by Gasteiger charge is 2.39. The molecule has 132 valence electrons. The summed E-state index contributed by atoms with van der Waals surface area (Å²) in [4.78, 5) is 39.4. The number of nitrogens with one attached hydrogen (secondary N) is 1. The number of amides is 3. The molecule has 2 aliphatic rings. The molecule has 0 aromatic heterocycles. The van der Waals surface area contributed by atoms with Crippen LogP contribution in [0, 0.1) is 5.92 Å². The van der Waals surface area contributed by atoms with Gasteiger partial charge in [0.1, 0.15) is 0 Å². The molecule has 1 N–H and O–H groups in total. The number of benzene rings is 2. The quantitative estimate of drug-likeness (QED) is 0.853. The minimum atomic E-state index is -0.393. The molecule has 0 saturated heterocycles. The summed E-state index contributed by atoms with van der Waals surface area (Å²) >= 11 is 0. The summed E-state index contributed by atoms with van der Waals surface area (Å²) in [6.45, 7) is 0. The van der Waals surface area contributed by atoms with E-state index in [9.17, 15) is 14.4 Å². The zero-order valence-corrected chi connectivity index (χ0v) is 14.4. The molecular formula is C21H20N2O3. The first-order valence-electron chi connectivity index (χ1n) is 9.04. The second kappa shape index (κ2) is 6.75. The third kappa shape index (κ3) is 2.79. The minimum absolute atomic E-state index is 0.0166. The van der Waals surface area contributed by atoms with E-state index in [0.717, 1.165) is 25.7 Å². The van der Waals surface area contributed by atoms with Crippen molar-refractivity contribution in [3.8, 4) is 0 Å². The van der Waals surface area contributed by atoms with Gasteiger partial charge in [0.2, 0.25) is 5.91 Å². The van der Waals surface area contributed by atoms with Gasteiger partial charge < -0.3 is 5.32 Å². The number of anilines is 2. The van der Waals surface area contributed by atoms with E-state index in [1.807, 2.05) is 6.07 Å². The van der Waals surface area contributed by atoms with Crippen LogP contribution >= 0.6 is 0 Å². The molecule has 5 nitrogen and oxygen atoms in total. The molecule has 1 fully saturated rings. The predicted molar refractivity (Wildman–Crippen MR) is 99.2 cm³/mol. The number of imide groups is 1. The van der Waals surface area contributed by atoms with Gasteiger partial charge in [0, 0.05) is 5.92 Å². The summed E-state index contributed by atoms with van der Waals surface area (Å²) in [5.74, 6) is -0.825. The fourth-order valence-electron chi connectivity index (χ4n) is 3.80. The second-order valence-corrected chi connectivity index (χ2v) is 6.83. The summed E-state index contributed by atoms with van der Waals surface area (Å²) in [5, 5.41) is 2.90. The molecule has 1 heterocycles. The van der Waals surface area contributed by atoms with Crippen LogP contribution in [-0.4, -0.2) is 17.7 Å². The molecule has 1 saturated carbocycles. The van der Waals surface area contributed by atoms with Crippen molar-refractivity contribution in [2.75, 3.05) is 10.2 Å². The summed E-state index contributed by atoms with van der Waals surface area (Å²) in [6.07, 6.45) is 5.05. The standard InChI is InChI=1S/C21H20N2O3/c24-19(14-8-3-1-4-9-14)22-17-13-7-12-16-18(17)21(26)23(20(16)25)15-10-5-2-6-11-15/h2,5-7,10-14H,1,3-4,8-9H2,(H,22,24). The van der Waals surface area contributed by atoms with E-state index in [1.54, 1.807) is 42.5 Å². The first-order chi connectivity index (χ1) is 12.7. The van der Waals surface area contributed by atoms with E-state index in [1.165, 1.54) is 11.3 Å². The first kappa shape index (κ1) is 16.5. The van der Waals surface area contributed by atoms with Gasteiger partial charge in [-0.05, 0) is 37.1 Å². The van der Waals surface area contributed by atoms with Crippen LogP contribution in [0.1, 0.15) is 52.8 Å². The lowest BCUT2D eigenvalue weighted by Crippen LogP contribution is -2.30. The van der Waals surface area contributed by atoms with Gasteiger partial charge in [-0.25, -0.2) is 4.90 Å². The van der Waals surface area contributed by atoms with E-state index >= 15 is 0 Å². The van der Waals surface area contributed by atoms with Crippen LogP contribution in [0.3, 0.4) is 0 Å². The van der Waals surface area contributed by atoms with Crippen LogP contribution in [0.5, 0.6) is 0 Å². The molecule has 0 radical (unpaired) electrons. The third-order valence-corrected chi connectivity index (χ3v) is 5.16. The Balaban J connectivity index is 1.64. The van der Waals surface area contributed by atoms with Crippen molar-refractivity contribution in [2.24, 2.45) is 5.92 Å². The molecule has 1 aliphatic heterocycles. The van der Waals surface area contributed by atoms with Crippen LogP contribution < -0.4 is 10.2 Å². The van der Waals surface area contributed by atoms with Gasteiger partial charge in [0.15, 0.2) is 0 Å². The molecule has 0 atom stereocenters. The Labute approximate surface area is 152 Å². The van der Waals surface area contributed by atoms with Gasteiger partial charge in [-0.2, -0.15) is 0 Å². The molecular weight excluding hydrogens is 328 g/mol. The lowest BCUT2D eigenvalue weighted by Gasteiger charge is -2.21. The predicted octanol–water partition coefficient (Wildman–Crippen LogP) is 4.01. The Bertz CT molecular complexity index is 870. The lowest BCUT2D eigenvalue weighted by atomic mass is 9.88. The minimum Gasteiger partial charge on any atom is -0.325 e. The van der Waals surface area contributed by atoms with Crippen LogP contribution in [0.15, 0.2) is 48.5 Å². The molecule has 0 bridgehead atoms. The Kier molecular flexibility index (Phi) is 4.29. The molecule has 26 heavy (non-hydrogen) atoms. The van der Waals surface area contributed by atoms with Crippen molar-refractivity contribution in [3.63, 3.8) is 0 Å². The Morgan fingerprint density at radius 2 is 1.62 bits per heavy atom. The highest BCUT2D eigenvalue weighted by Crippen LogP contribution is 2.33. The lowest BCUT2D eigenvalue weighted by molar-refractivity contribution is -0.120. The van der Waals surface area contributed by atoms with Gasteiger partial charge in [0.05, 0.1) is 22.5 Å². The number of rotatable bonds is 3. The fourth-order valence-corrected chi connectivity index (χ4v) is 3.80. The highest BCUT2D eigenvalue weighted by atomic mass is 16.2. The maximum absolute atomic E-state index is 12.9. The van der Waals surface area contributed by atoms with Crippen molar-refractivity contribution in [2.45, 2.75) is 32.1 Å². The van der Waals surface area contributed by atoms with E-state index in [2.05, 4.69) is 5.32 Å². The summed E-state index contributed by atoms with van der Waals surface area (Å²) in [7, 11) is 0. The number of carbonyl (C=O) groups excluding carboxylic acids is 3. The number of hydrogen-bond donors (Lipinski definition) is 1. The van der Waals surface area contributed by atoms with Crippen molar-refractivity contribution in [1.82, 2.24) is 0 Å². The smallest absolute Gasteiger partial charge is 0.268 e. The summed E-state index contributed by atoms with van der Waals surface area (Å²) in [5.41, 5.74) is 1.57. The van der Waals surface area contributed by atoms with Gasteiger partial charge in [-0.3, -0.25) is 14.4 Å². The molecule has 0 spiro atoms. The Hall–Kier alpha value is -2.95. The van der Waals surface area contributed by atoms with E-state index in [4.69, 9.17) is 0 Å². The van der Waals surface area contributed by atoms with Crippen LogP contribution in [-0.2, 0) is 4.79 Å². The number of carbonyl (C=O) groups is 3. The number of nitrogens with zero attached hydrogens (tertiary/aromatic N) is 1. The summed E-state index contributed by atoms with van der Waals surface area (Å²) < 4.78 is 0. The molecule has 5 heteroatoms. The second-order valence-electron chi connectivity index (χ2n) is 6.83. The molecule has 1 aliphatic carbocycles. The van der Waals surface area contributed by atoms with Crippen molar-refractivity contribution in [1.29, 1.82) is 0 Å². The topological polar surface area (TPSA) is 66.5 Å². The summed E-state index contributed by atoms with van der Waals surface area (Å²) in [6, 6.07) is 13.9. The molecule has 2 aromatic carbocycles. The zero-order chi connectivity index (χ0) is 18.1. The van der Waals surface area contributed by atoms with Crippen LogP contribution in [0.4, 0.5) is 11.4 Å². The van der Waals surface area contributed by atoms with Crippen molar-refractivity contribution < 1.29 is 14.4 Å². The maximum Gasteiger partial charge on any atom is 0.268 e. The zero-order valence-electron chi connectivity index (χ0n) is 14.4. The number of para-hydroxylation sites is 1. The molecule has 3 amide bonds. The third-order valence-electron chi connectivity index (χ3n) is 5.16. The normalized spacial score (nSPS) is 17.3.